The van der Waals surface area contributed by atoms with Crippen LogP contribution in [0.5, 0.6) is 5.75 Å². The Morgan fingerprint density at radius 2 is 1.83 bits per heavy atom. The van der Waals surface area contributed by atoms with Crippen LogP contribution >= 0.6 is 15.9 Å². The number of likely N-dealkylation sites (tertiary alicyclic amines) is 1. The van der Waals surface area contributed by atoms with Gasteiger partial charge in [0.05, 0.1) is 0 Å². The number of hydrogen-bond donors (Lipinski definition) is 0. The highest BCUT2D eigenvalue weighted by atomic mass is 79.9. The third-order valence-electron chi connectivity index (χ3n) is 4.67. The normalized spacial score (nSPS) is 16.9. The molecular weight excluding hydrogens is 467 g/mol. The predicted molar refractivity (Wildman–Crippen MR) is 103 cm³/mol. The zero-order chi connectivity index (χ0) is 21.3. The monoisotopic (exact) mass is 481 g/mol. The summed E-state index contributed by atoms with van der Waals surface area (Å²) in [7, 11) is 0. The first-order valence-corrected chi connectivity index (χ1v) is 9.81. The quantitative estimate of drug-likeness (QED) is 0.497. The van der Waals surface area contributed by atoms with E-state index in [1.807, 2.05) is 24.3 Å². The number of ether oxygens (including phenoxy) is 1. The third kappa shape index (κ3) is 4.64. The van der Waals surface area contributed by atoms with Crippen molar-refractivity contribution in [3.05, 3.63) is 64.5 Å². The van der Waals surface area contributed by atoms with Gasteiger partial charge in [0.15, 0.2) is 0 Å². The van der Waals surface area contributed by atoms with Crippen molar-refractivity contribution in [1.82, 2.24) is 15.0 Å². The second kappa shape index (κ2) is 8.10. The highest BCUT2D eigenvalue weighted by Crippen LogP contribution is 2.34. The molecule has 1 aromatic heterocycles. The van der Waals surface area contributed by atoms with Crippen molar-refractivity contribution in [2.45, 2.75) is 31.8 Å². The number of carbonyl (C=O) groups excluding carboxylic acids is 1. The molecule has 3 aromatic rings. The first kappa shape index (κ1) is 20.4. The Bertz CT molecular complexity index is 1040. The maximum Gasteiger partial charge on any atom is 0.573 e. The topological polar surface area (TPSA) is 68.5 Å². The highest BCUT2D eigenvalue weighted by molar-refractivity contribution is 9.10. The first-order chi connectivity index (χ1) is 14.3. The molecule has 1 fully saturated rings. The number of alkyl halides is 3. The van der Waals surface area contributed by atoms with Gasteiger partial charge in [0.25, 0.3) is 0 Å². The van der Waals surface area contributed by atoms with Crippen molar-refractivity contribution in [3.63, 3.8) is 0 Å². The van der Waals surface area contributed by atoms with E-state index in [-0.39, 0.29) is 23.5 Å². The minimum atomic E-state index is -4.76. The number of amides is 1. The Kier molecular flexibility index (Phi) is 5.50. The number of benzene rings is 2. The van der Waals surface area contributed by atoms with Crippen molar-refractivity contribution in [2.75, 3.05) is 0 Å². The Balaban J connectivity index is 1.51. The number of hydrogen-bond acceptors (Lipinski definition) is 5. The Labute approximate surface area is 177 Å². The van der Waals surface area contributed by atoms with Crippen LogP contribution in [-0.4, -0.2) is 27.3 Å². The highest BCUT2D eigenvalue weighted by Gasteiger charge is 2.36. The van der Waals surface area contributed by atoms with E-state index in [4.69, 9.17) is 4.52 Å². The van der Waals surface area contributed by atoms with Crippen LogP contribution in [0.2, 0.25) is 0 Å². The van der Waals surface area contributed by atoms with E-state index < -0.39 is 6.36 Å². The summed E-state index contributed by atoms with van der Waals surface area (Å²) < 4.78 is 47.0. The van der Waals surface area contributed by atoms with Crippen LogP contribution in [0.25, 0.3) is 11.4 Å². The van der Waals surface area contributed by atoms with E-state index in [9.17, 15) is 18.0 Å². The maximum absolute atomic E-state index is 12.4. The number of halogens is 4. The van der Waals surface area contributed by atoms with Gasteiger partial charge in [0.1, 0.15) is 11.8 Å². The molecule has 1 aliphatic heterocycles. The van der Waals surface area contributed by atoms with E-state index in [1.165, 1.54) is 24.3 Å². The van der Waals surface area contributed by atoms with Crippen molar-refractivity contribution >= 4 is 21.8 Å². The van der Waals surface area contributed by atoms with E-state index >= 15 is 0 Å². The van der Waals surface area contributed by atoms with Crippen molar-refractivity contribution < 1.29 is 27.2 Å². The maximum atomic E-state index is 12.4. The molecule has 1 saturated heterocycles. The second-order valence-electron chi connectivity index (χ2n) is 6.73. The molecule has 1 atom stereocenters. The van der Waals surface area contributed by atoms with Gasteiger partial charge in [-0.15, -0.1) is 13.2 Å². The molecule has 0 bridgehead atoms. The van der Waals surface area contributed by atoms with Crippen LogP contribution in [-0.2, 0) is 11.3 Å². The van der Waals surface area contributed by atoms with Gasteiger partial charge in [-0.2, -0.15) is 4.98 Å². The zero-order valence-electron chi connectivity index (χ0n) is 15.4. The minimum absolute atomic E-state index is 0.00341. The second-order valence-corrected chi connectivity index (χ2v) is 7.65. The molecule has 0 spiro atoms. The van der Waals surface area contributed by atoms with E-state index in [1.54, 1.807) is 4.90 Å². The number of carbonyl (C=O) groups is 1. The lowest BCUT2D eigenvalue weighted by molar-refractivity contribution is -0.274. The average molecular weight is 482 g/mol. The molecule has 4 rings (SSSR count). The molecule has 30 heavy (non-hydrogen) atoms. The van der Waals surface area contributed by atoms with Crippen LogP contribution < -0.4 is 4.74 Å². The molecule has 10 heteroatoms. The van der Waals surface area contributed by atoms with Gasteiger partial charge in [0.2, 0.25) is 17.6 Å². The minimum Gasteiger partial charge on any atom is -0.406 e. The molecular formula is C20H15BrF3N3O3. The lowest BCUT2D eigenvalue weighted by Gasteiger charge is -2.22. The van der Waals surface area contributed by atoms with Crippen molar-refractivity contribution in [1.29, 1.82) is 0 Å². The Hall–Kier alpha value is -2.88. The van der Waals surface area contributed by atoms with Gasteiger partial charge >= 0.3 is 6.36 Å². The Morgan fingerprint density at radius 1 is 1.13 bits per heavy atom. The lowest BCUT2D eigenvalue weighted by atomic mass is 10.1. The summed E-state index contributed by atoms with van der Waals surface area (Å²) in [4.78, 5) is 18.4. The summed E-state index contributed by atoms with van der Waals surface area (Å²) in [5.74, 6) is 0.184. The lowest BCUT2D eigenvalue weighted by Crippen LogP contribution is -2.27. The predicted octanol–water partition coefficient (Wildman–Crippen LogP) is 5.26. The van der Waals surface area contributed by atoms with E-state index in [0.29, 0.717) is 30.8 Å². The number of nitrogens with zero attached hydrogens (tertiary/aromatic N) is 3. The van der Waals surface area contributed by atoms with Crippen LogP contribution in [0.15, 0.2) is 57.5 Å². The summed E-state index contributed by atoms with van der Waals surface area (Å²) in [6, 6.07) is 12.5. The standard InChI is InChI=1S/C20H15BrF3N3O3/c21-14-5-1-12(2-6-14)11-27-16(9-10-17(27)28)19-25-18(26-30-19)13-3-7-15(8-4-13)29-20(22,23)24/h1-8,16H,9-11H2. The molecule has 1 unspecified atom stereocenters. The fourth-order valence-electron chi connectivity index (χ4n) is 3.27. The summed E-state index contributed by atoms with van der Waals surface area (Å²) >= 11 is 3.38. The van der Waals surface area contributed by atoms with Crippen LogP contribution in [0.1, 0.15) is 30.3 Å². The number of aromatic nitrogens is 2. The van der Waals surface area contributed by atoms with Gasteiger partial charge < -0.3 is 14.2 Å². The fraction of sp³-hybridized carbons (Fsp3) is 0.250. The van der Waals surface area contributed by atoms with Gasteiger partial charge in [-0.25, -0.2) is 0 Å². The number of rotatable bonds is 5. The molecule has 156 valence electrons. The summed E-state index contributed by atoms with van der Waals surface area (Å²) in [6.45, 7) is 0.415. The SMILES string of the molecule is O=C1CCC(c2nc(-c3ccc(OC(F)(F)F)cc3)no2)N1Cc1ccc(Br)cc1. The molecule has 1 amide bonds. The summed E-state index contributed by atoms with van der Waals surface area (Å²) in [6.07, 6.45) is -3.83. The molecule has 1 aliphatic rings. The summed E-state index contributed by atoms with van der Waals surface area (Å²) in [5.41, 5.74) is 1.45. The molecule has 2 aromatic carbocycles. The average Bonchev–Trinajstić information content (AvgIpc) is 3.30. The first-order valence-electron chi connectivity index (χ1n) is 9.02. The molecule has 6 nitrogen and oxygen atoms in total. The van der Waals surface area contributed by atoms with Gasteiger partial charge in [-0.05, 0) is 48.4 Å². The van der Waals surface area contributed by atoms with Crippen molar-refractivity contribution in [2.24, 2.45) is 0 Å². The van der Waals surface area contributed by atoms with Crippen molar-refractivity contribution in [3.8, 4) is 17.1 Å². The molecule has 0 aliphatic carbocycles. The molecule has 0 N–H and O–H groups in total. The molecule has 2 heterocycles. The Morgan fingerprint density at radius 3 is 2.50 bits per heavy atom. The summed E-state index contributed by atoms with van der Waals surface area (Å²) in [5, 5.41) is 3.92. The fourth-order valence-corrected chi connectivity index (χ4v) is 3.53. The largest absolute Gasteiger partial charge is 0.573 e. The van der Waals surface area contributed by atoms with E-state index in [0.717, 1.165) is 10.0 Å². The smallest absolute Gasteiger partial charge is 0.406 e. The van der Waals surface area contributed by atoms with Crippen LogP contribution in [0.3, 0.4) is 0 Å². The van der Waals surface area contributed by atoms with Gasteiger partial charge in [0, 0.05) is 23.0 Å². The van der Waals surface area contributed by atoms with Gasteiger partial charge in [-0.3, -0.25) is 4.79 Å². The van der Waals surface area contributed by atoms with Gasteiger partial charge in [-0.1, -0.05) is 33.2 Å². The zero-order valence-corrected chi connectivity index (χ0v) is 17.0. The molecule has 0 saturated carbocycles. The molecule has 0 radical (unpaired) electrons. The van der Waals surface area contributed by atoms with E-state index in [2.05, 4.69) is 30.8 Å². The van der Waals surface area contributed by atoms with Crippen LogP contribution in [0, 0.1) is 0 Å². The third-order valence-corrected chi connectivity index (χ3v) is 5.20. The van der Waals surface area contributed by atoms with Crippen LogP contribution in [0.4, 0.5) is 13.2 Å².